The second-order valence-electron chi connectivity index (χ2n) is 4.50. The van der Waals surface area contributed by atoms with Crippen LogP contribution in [0.25, 0.3) is 0 Å². The molecule has 0 aromatic heterocycles. The summed E-state index contributed by atoms with van der Waals surface area (Å²) in [7, 11) is 3.22. The van der Waals surface area contributed by atoms with Crippen LogP contribution in [0.15, 0.2) is 46.9 Å². The van der Waals surface area contributed by atoms with Crippen LogP contribution in [0, 0.1) is 0 Å². The number of nitrogens with one attached hydrogen (secondary N) is 1. The number of hydrogen-bond acceptors (Lipinski definition) is 4. The van der Waals surface area contributed by atoms with Crippen molar-refractivity contribution in [3.8, 4) is 11.5 Å². The summed E-state index contributed by atoms with van der Waals surface area (Å²) in [5, 5.41) is 13.0. The molecule has 0 aliphatic carbocycles. The smallest absolute Gasteiger partial charge is 0.124 e. The maximum Gasteiger partial charge on any atom is 0.124 e. The Morgan fingerprint density at radius 3 is 2.57 bits per heavy atom. The Labute approximate surface area is 132 Å². The van der Waals surface area contributed by atoms with Crippen molar-refractivity contribution >= 4 is 21.6 Å². The normalized spacial score (nSPS) is 11.8. The highest BCUT2D eigenvalue weighted by atomic mass is 79.9. The van der Waals surface area contributed by atoms with Crippen molar-refractivity contribution in [2.75, 3.05) is 26.1 Å². The average Bonchev–Trinajstić information content (AvgIpc) is 2.52. The van der Waals surface area contributed by atoms with Gasteiger partial charge in [0.1, 0.15) is 11.5 Å². The predicted octanol–water partition coefficient (Wildman–Crippen LogP) is 3.61. The molecule has 0 fully saturated rings. The molecule has 5 heteroatoms. The summed E-state index contributed by atoms with van der Waals surface area (Å²) in [6.45, 7) is -0.0595. The Hall–Kier alpha value is -1.72. The number of halogens is 1. The molecule has 1 atom stereocenters. The van der Waals surface area contributed by atoms with Crippen LogP contribution in [-0.4, -0.2) is 25.9 Å². The fourth-order valence-corrected chi connectivity index (χ4v) is 2.51. The van der Waals surface area contributed by atoms with Gasteiger partial charge in [0.25, 0.3) is 0 Å². The maximum atomic E-state index is 9.72. The van der Waals surface area contributed by atoms with Crippen molar-refractivity contribution in [1.82, 2.24) is 0 Å². The molecule has 0 saturated carbocycles. The van der Waals surface area contributed by atoms with E-state index < -0.39 is 0 Å². The number of benzene rings is 2. The van der Waals surface area contributed by atoms with Gasteiger partial charge in [-0.05, 0) is 36.4 Å². The van der Waals surface area contributed by atoms with Gasteiger partial charge in [0, 0.05) is 15.7 Å². The Bertz CT molecular complexity index is 604. The second kappa shape index (κ2) is 7.33. The van der Waals surface area contributed by atoms with Gasteiger partial charge in [-0.25, -0.2) is 0 Å². The van der Waals surface area contributed by atoms with Crippen molar-refractivity contribution in [3.63, 3.8) is 0 Å². The first kappa shape index (κ1) is 15.7. The Morgan fingerprint density at radius 1 is 1.14 bits per heavy atom. The molecule has 21 heavy (non-hydrogen) atoms. The Balaban J connectivity index is 2.32. The third-order valence-electron chi connectivity index (χ3n) is 3.16. The third kappa shape index (κ3) is 3.89. The number of anilines is 1. The van der Waals surface area contributed by atoms with Gasteiger partial charge in [-0.2, -0.15) is 0 Å². The van der Waals surface area contributed by atoms with E-state index in [0.717, 1.165) is 21.5 Å². The number of rotatable bonds is 6. The first-order valence-electron chi connectivity index (χ1n) is 6.52. The predicted molar refractivity (Wildman–Crippen MR) is 87.1 cm³/mol. The van der Waals surface area contributed by atoms with Gasteiger partial charge in [-0.1, -0.05) is 22.0 Å². The van der Waals surface area contributed by atoms with Crippen LogP contribution in [-0.2, 0) is 0 Å². The van der Waals surface area contributed by atoms with Crippen molar-refractivity contribution in [2.45, 2.75) is 6.04 Å². The zero-order valence-electron chi connectivity index (χ0n) is 12.0. The van der Waals surface area contributed by atoms with E-state index in [1.807, 2.05) is 42.5 Å². The van der Waals surface area contributed by atoms with Crippen molar-refractivity contribution in [2.24, 2.45) is 0 Å². The van der Waals surface area contributed by atoms with Gasteiger partial charge in [-0.15, -0.1) is 0 Å². The highest BCUT2D eigenvalue weighted by molar-refractivity contribution is 9.10. The fourth-order valence-electron chi connectivity index (χ4n) is 2.11. The Morgan fingerprint density at radius 2 is 1.95 bits per heavy atom. The van der Waals surface area contributed by atoms with E-state index in [2.05, 4.69) is 21.2 Å². The van der Waals surface area contributed by atoms with Crippen LogP contribution in [0.3, 0.4) is 0 Å². The molecule has 2 N–H and O–H groups in total. The molecule has 0 amide bonds. The zero-order valence-corrected chi connectivity index (χ0v) is 13.6. The maximum absolute atomic E-state index is 9.72. The summed E-state index contributed by atoms with van der Waals surface area (Å²) >= 11 is 3.43. The summed E-state index contributed by atoms with van der Waals surface area (Å²) in [5.41, 5.74) is 1.76. The molecule has 2 rings (SSSR count). The number of hydrogen-bond donors (Lipinski definition) is 2. The molecular formula is C16H18BrNO3. The molecule has 0 heterocycles. The van der Waals surface area contributed by atoms with Crippen molar-refractivity contribution in [3.05, 3.63) is 52.5 Å². The largest absolute Gasteiger partial charge is 0.497 e. The first-order valence-corrected chi connectivity index (χ1v) is 7.32. The monoisotopic (exact) mass is 351 g/mol. The lowest BCUT2D eigenvalue weighted by molar-refractivity contribution is 0.272. The lowest BCUT2D eigenvalue weighted by Crippen LogP contribution is -2.16. The van der Waals surface area contributed by atoms with Gasteiger partial charge in [0.2, 0.25) is 0 Å². The van der Waals surface area contributed by atoms with E-state index in [9.17, 15) is 5.11 Å². The van der Waals surface area contributed by atoms with Crippen LogP contribution in [0.4, 0.5) is 5.69 Å². The standard InChI is InChI=1S/C16H18BrNO3/c1-20-13-6-7-16(21-2)14(9-13)15(10-19)18-12-5-3-4-11(17)8-12/h3-9,15,18-19H,10H2,1-2H3. The molecule has 2 aromatic rings. The van der Waals surface area contributed by atoms with Crippen LogP contribution < -0.4 is 14.8 Å². The minimum Gasteiger partial charge on any atom is -0.497 e. The number of ether oxygens (including phenoxy) is 2. The molecule has 1 unspecified atom stereocenters. The number of methoxy groups -OCH3 is 2. The fraction of sp³-hybridized carbons (Fsp3) is 0.250. The minimum atomic E-state index is -0.288. The Kier molecular flexibility index (Phi) is 5.47. The first-order chi connectivity index (χ1) is 10.2. The highest BCUT2D eigenvalue weighted by Gasteiger charge is 2.16. The van der Waals surface area contributed by atoms with E-state index >= 15 is 0 Å². The number of aliphatic hydroxyl groups excluding tert-OH is 1. The molecule has 0 spiro atoms. The van der Waals surface area contributed by atoms with E-state index in [4.69, 9.17) is 9.47 Å². The molecule has 2 aromatic carbocycles. The molecule has 0 bridgehead atoms. The van der Waals surface area contributed by atoms with Crippen molar-refractivity contribution in [1.29, 1.82) is 0 Å². The lowest BCUT2D eigenvalue weighted by Gasteiger charge is -2.21. The molecule has 4 nitrogen and oxygen atoms in total. The van der Waals surface area contributed by atoms with Gasteiger partial charge in [0.05, 0.1) is 26.9 Å². The van der Waals surface area contributed by atoms with Crippen LogP contribution in [0.5, 0.6) is 11.5 Å². The minimum absolute atomic E-state index is 0.0595. The summed E-state index contributed by atoms with van der Waals surface area (Å²) in [4.78, 5) is 0. The average molecular weight is 352 g/mol. The highest BCUT2D eigenvalue weighted by Crippen LogP contribution is 2.31. The van der Waals surface area contributed by atoms with Gasteiger partial charge in [0.15, 0.2) is 0 Å². The van der Waals surface area contributed by atoms with Gasteiger partial charge < -0.3 is 19.9 Å². The van der Waals surface area contributed by atoms with Crippen LogP contribution >= 0.6 is 15.9 Å². The van der Waals surface area contributed by atoms with Crippen molar-refractivity contribution < 1.29 is 14.6 Å². The molecule has 0 aliphatic rings. The van der Waals surface area contributed by atoms with E-state index in [0.29, 0.717) is 5.75 Å². The summed E-state index contributed by atoms with van der Waals surface area (Å²) in [6, 6.07) is 13.0. The summed E-state index contributed by atoms with van der Waals surface area (Å²) in [6.07, 6.45) is 0. The van der Waals surface area contributed by atoms with E-state index in [-0.39, 0.29) is 12.6 Å². The number of aliphatic hydroxyl groups is 1. The summed E-state index contributed by atoms with van der Waals surface area (Å²) in [5.74, 6) is 1.43. The molecule has 112 valence electrons. The van der Waals surface area contributed by atoms with E-state index in [1.54, 1.807) is 14.2 Å². The molecular weight excluding hydrogens is 334 g/mol. The third-order valence-corrected chi connectivity index (χ3v) is 3.65. The molecule has 0 saturated heterocycles. The molecule has 0 aliphatic heterocycles. The zero-order chi connectivity index (χ0) is 15.2. The second-order valence-corrected chi connectivity index (χ2v) is 5.41. The SMILES string of the molecule is COc1ccc(OC)c(C(CO)Nc2cccc(Br)c2)c1. The van der Waals surface area contributed by atoms with Gasteiger partial charge >= 0.3 is 0 Å². The molecule has 0 radical (unpaired) electrons. The topological polar surface area (TPSA) is 50.7 Å². The quantitative estimate of drug-likeness (QED) is 0.834. The summed E-state index contributed by atoms with van der Waals surface area (Å²) < 4.78 is 11.6. The van der Waals surface area contributed by atoms with E-state index in [1.165, 1.54) is 0 Å². The van der Waals surface area contributed by atoms with Crippen LogP contribution in [0.2, 0.25) is 0 Å². The van der Waals surface area contributed by atoms with Gasteiger partial charge in [-0.3, -0.25) is 0 Å². The van der Waals surface area contributed by atoms with Crippen LogP contribution in [0.1, 0.15) is 11.6 Å². The lowest BCUT2D eigenvalue weighted by atomic mass is 10.1.